The molecule has 2 rings (SSSR count). The van der Waals surface area contributed by atoms with E-state index < -0.39 is 17.9 Å². The van der Waals surface area contributed by atoms with Gasteiger partial charge in [0.15, 0.2) is 17.3 Å². The third-order valence-corrected chi connectivity index (χ3v) is 4.70. The third-order valence-electron chi connectivity index (χ3n) is 4.70. The van der Waals surface area contributed by atoms with E-state index in [1.165, 1.54) is 40.4 Å². The van der Waals surface area contributed by atoms with Crippen LogP contribution in [-0.4, -0.2) is 45.0 Å². The van der Waals surface area contributed by atoms with Crippen LogP contribution in [0.2, 0.25) is 0 Å². The van der Waals surface area contributed by atoms with Gasteiger partial charge < -0.3 is 24.8 Å². The van der Waals surface area contributed by atoms with Crippen molar-refractivity contribution in [1.29, 1.82) is 0 Å². The zero-order chi connectivity index (χ0) is 23.1. The number of rotatable bonds is 9. The van der Waals surface area contributed by atoms with Crippen LogP contribution in [-0.2, 0) is 4.79 Å². The number of hydrogen-bond acceptors (Lipinski definition) is 6. The zero-order valence-electron chi connectivity index (χ0n) is 18.6. The molecule has 0 bridgehead atoms. The molecule has 8 heteroatoms. The van der Waals surface area contributed by atoms with Crippen LogP contribution in [0, 0.1) is 5.92 Å². The van der Waals surface area contributed by atoms with Gasteiger partial charge in [-0.25, -0.2) is 0 Å². The van der Waals surface area contributed by atoms with E-state index in [0.717, 1.165) is 0 Å². The molecule has 2 N–H and O–H groups in total. The van der Waals surface area contributed by atoms with E-state index in [9.17, 15) is 14.4 Å². The van der Waals surface area contributed by atoms with Gasteiger partial charge in [0.2, 0.25) is 11.7 Å². The van der Waals surface area contributed by atoms with Gasteiger partial charge in [0.05, 0.1) is 21.3 Å². The number of ketones is 1. The molecule has 1 atom stereocenters. The molecule has 2 aromatic rings. The van der Waals surface area contributed by atoms with Crippen molar-refractivity contribution >= 4 is 23.3 Å². The van der Waals surface area contributed by atoms with E-state index in [0.29, 0.717) is 28.5 Å². The van der Waals surface area contributed by atoms with Crippen LogP contribution in [0.5, 0.6) is 17.2 Å². The molecule has 0 saturated heterocycles. The number of carbonyl (C=O) groups excluding carboxylic acids is 3. The molecule has 0 aromatic heterocycles. The van der Waals surface area contributed by atoms with E-state index in [2.05, 4.69) is 10.6 Å². The van der Waals surface area contributed by atoms with E-state index in [1.807, 2.05) is 13.8 Å². The molecule has 166 valence electrons. The predicted octanol–water partition coefficient (Wildman–Crippen LogP) is 3.31. The van der Waals surface area contributed by atoms with Gasteiger partial charge in [-0.3, -0.25) is 14.4 Å². The van der Waals surface area contributed by atoms with E-state index in [4.69, 9.17) is 14.2 Å². The molecule has 0 aliphatic rings. The van der Waals surface area contributed by atoms with Crippen LogP contribution >= 0.6 is 0 Å². The Bertz CT molecular complexity index is 945. The van der Waals surface area contributed by atoms with Gasteiger partial charge in [-0.15, -0.1) is 0 Å². The third kappa shape index (κ3) is 5.75. The van der Waals surface area contributed by atoms with Crippen LogP contribution in [0.3, 0.4) is 0 Å². The molecule has 2 amide bonds. The topological polar surface area (TPSA) is 103 Å². The first-order chi connectivity index (χ1) is 14.7. The first-order valence-corrected chi connectivity index (χ1v) is 9.74. The minimum atomic E-state index is -0.812. The molecule has 0 aliphatic carbocycles. The molecular weight excluding hydrogens is 400 g/mol. The van der Waals surface area contributed by atoms with Gasteiger partial charge in [-0.2, -0.15) is 0 Å². The van der Waals surface area contributed by atoms with E-state index >= 15 is 0 Å². The highest BCUT2D eigenvalue weighted by Gasteiger charge is 2.26. The first-order valence-electron chi connectivity index (χ1n) is 9.74. The van der Waals surface area contributed by atoms with Crippen molar-refractivity contribution in [3.05, 3.63) is 47.5 Å². The van der Waals surface area contributed by atoms with Crippen LogP contribution in [0.15, 0.2) is 36.4 Å². The number of benzene rings is 2. The number of methoxy groups -OCH3 is 3. The van der Waals surface area contributed by atoms with Crippen molar-refractivity contribution < 1.29 is 28.6 Å². The molecule has 0 radical (unpaired) electrons. The van der Waals surface area contributed by atoms with E-state index in [-0.39, 0.29) is 17.3 Å². The Morgan fingerprint density at radius 2 is 1.48 bits per heavy atom. The van der Waals surface area contributed by atoms with Crippen LogP contribution in [0.25, 0.3) is 0 Å². The van der Waals surface area contributed by atoms with Gasteiger partial charge in [0.25, 0.3) is 5.91 Å². The summed E-state index contributed by atoms with van der Waals surface area (Å²) < 4.78 is 15.8. The van der Waals surface area contributed by atoms with Crippen LogP contribution < -0.4 is 24.8 Å². The van der Waals surface area contributed by atoms with Crippen LogP contribution in [0.4, 0.5) is 5.69 Å². The summed E-state index contributed by atoms with van der Waals surface area (Å²) in [6.45, 7) is 5.10. The average molecular weight is 428 g/mol. The maximum atomic E-state index is 12.9. The summed E-state index contributed by atoms with van der Waals surface area (Å²) in [5, 5.41) is 5.52. The minimum Gasteiger partial charge on any atom is -0.493 e. The van der Waals surface area contributed by atoms with Crippen molar-refractivity contribution in [1.82, 2.24) is 5.32 Å². The molecular formula is C23H28N2O6. The maximum absolute atomic E-state index is 12.9. The number of amides is 2. The summed E-state index contributed by atoms with van der Waals surface area (Å²) in [5.41, 5.74) is 1.22. The van der Waals surface area contributed by atoms with Gasteiger partial charge in [0.1, 0.15) is 6.04 Å². The summed E-state index contributed by atoms with van der Waals surface area (Å²) in [4.78, 5) is 37.4. The lowest BCUT2D eigenvalue weighted by atomic mass is 10.0. The number of anilines is 1. The number of nitrogens with one attached hydrogen (secondary N) is 2. The van der Waals surface area contributed by atoms with Gasteiger partial charge >= 0.3 is 0 Å². The quantitative estimate of drug-likeness (QED) is 0.594. The zero-order valence-corrected chi connectivity index (χ0v) is 18.6. The second-order valence-corrected chi connectivity index (χ2v) is 7.24. The van der Waals surface area contributed by atoms with Crippen molar-refractivity contribution in [2.24, 2.45) is 5.92 Å². The van der Waals surface area contributed by atoms with Crippen molar-refractivity contribution in [3.63, 3.8) is 0 Å². The largest absolute Gasteiger partial charge is 0.493 e. The Hall–Kier alpha value is -3.55. The summed E-state index contributed by atoms with van der Waals surface area (Å²) in [5.74, 6) is -0.126. The Kier molecular flexibility index (Phi) is 8.01. The highest BCUT2D eigenvalue weighted by Crippen LogP contribution is 2.38. The molecule has 0 aliphatic heterocycles. The Labute approximate surface area is 181 Å². The molecule has 8 nitrogen and oxygen atoms in total. The predicted molar refractivity (Wildman–Crippen MR) is 117 cm³/mol. The number of ether oxygens (including phenoxy) is 3. The minimum absolute atomic E-state index is 0.104. The van der Waals surface area contributed by atoms with Crippen molar-refractivity contribution in [3.8, 4) is 17.2 Å². The van der Waals surface area contributed by atoms with Crippen molar-refractivity contribution in [2.45, 2.75) is 26.8 Å². The standard InChI is InChI=1S/C23H28N2O6/c1-13(2)20(23(28)24-17-9-7-8-15(10-17)14(3)26)25-22(27)16-11-18(29-4)21(31-6)19(12-16)30-5/h7-13,20H,1-6H3,(H,24,28)(H,25,27)/t20-/m1/s1. The fourth-order valence-electron chi connectivity index (χ4n) is 3.01. The Balaban J connectivity index is 2.25. The molecule has 0 saturated carbocycles. The second kappa shape index (κ2) is 10.5. The summed E-state index contributed by atoms with van der Waals surface area (Å²) in [6.07, 6.45) is 0. The normalized spacial score (nSPS) is 11.5. The lowest BCUT2D eigenvalue weighted by molar-refractivity contribution is -0.118. The van der Waals surface area contributed by atoms with Gasteiger partial charge in [-0.1, -0.05) is 26.0 Å². The van der Waals surface area contributed by atoms with Crippen LogP contribution in [0.1, 0.15) is 41.5 Å². The second-order valence-electron chi connectivity index (χ2n) is 7.24. The SMILES string of the molecule is COc1cc(C(=O)N[C@@H](C(=O)Nc2cccc(C(C)=O)c2)C(C)C)cc(OC)c1OC. The summed E-state index contributed by atoms with van der Waals surface area (Å²) in [6, 6.07) is 8.86. The van der Waals surface area contributed by atoms with Gasteiger partial charge in [-0.05, 0) is 37.1 Å². The molecule has 0 spiro atoms. The molecule has 2 aromatic carbocycles. The lowest BCUT2D eigenvalue weighted by Gasteiger charge is -2.22. The molecule has 0 fully saturated rings. The Morgan fingerprint density at radius 3 is 1.97 bits per heavy atom. The number of Topliss-reactive ketones (excluding diaryl/α,β-unsaturated/α-hetero) is 1. The fourth-order valence-corrected chi connectivity index (χ4v) is 3.01. The number of hydrogen-bond donors (Lipinski definition) is 2. The average Bonchev–Trinajstić information content (AvgIpc) is 2.75. The lowest BCUT2D eigenvalue weighted by Crippen LogP contribution is -2.47. The molecule has 0 heterocycles. The monoisotopic (exact) mass is 428 g/mol. The van der Waals surface area contributed by atoms with Gasteiger partial charge in [0, 0.05) is 16.8 Å². The number of carbonyl (C=O) groups is 3. The molecule has 31 heavy (non-hydrogen) atoms. The highest BCUT2D eigenvalue weighted by atomic mass is 16.5. The highest BCUT2D eigenvalue weighted by molar-refractivity contribution is 6.02. The summed E-state index contributed by atoms with van der Waals surface area (Å²) in [7, 11) is 4.39. The summed E-state index contributed by atoms with van der Waals surface area (Å²) >= 11 is 0. The maximum Gasteiger partial charge on any atom is 0.252 e. The smallest absolute Gasteiger partial charge is 0.252 e. The van der Waals surface area contributed by atoms with Crippen molar-refractivity contribution in [2.75, 3.05) is 26.6 Å². The fraction of sp³-hybridized carbons (Fsp3) is 0.348. The molecule has 0 unspecified atom stereocenters. The van der Waals surface area contributed by atoms with E-state index in [1.54, 1.807) is 24.3 Å². The first kappa shape index (κ1) is 23.7. The Morgan fingerprint density at radius 1 is 0.871 bits per heavy atom.